The van der Waals surface area contributed by atoms with E-state index in [0.717, 1.165) is 34.6 Å². The molecule has 0 spiro atoms. The van der Waals surface area contributed by atoms with E-state index >= 15 is 0 Å². The molecule has 0 atom stereocenters. The largest absolute Gasteiger partial charge is 0.357 e. The molecule has 0 saturated carbocycles. The fraction of sp³-hybridized carbons (Fsp3) is 0.333. The molecule has 0 unspecified atom stereocenters. The number of anilines is 1. The normalized spacial score (nSPS) is 14.1. The number of rotatable bonds is 5. The first kappa shape index (κ1) is 19.6. The van der Waals surface area contributed by atoms with Crippen LogP contribution in [0.3, 0.4) is 0 Å². The van der Waals surface area contributed by atoms with Crippen LogP contribution < -0.4 is 10.2 Å². The van der Waals surface area contributed by atoms with E-state index in [1.807, 2.05) is 49.5 Å². The van der Waals surface area contributed by atoms with Gasteiger partial charge in [-0.2, -0.15) is 0 Å². The summed E-state index contributed by atoms with van der Waals surface area (Å²) >= 11 is 3.45. The molecule has 1 saturated heterocycles. The molecule has 0 aliphatic carbocycles. The van der Waals surface area contributed by atoms with E-state index in [2.05, 4.69) is 41.4 Å². The molecule has 3 aromatic rings. The predicted molar refractivity (Wildman–Crippen MR) is 115 cm³/mol. The maximum atomic E-state index is 12.6. The third kappa shape index (κ3) is 4.48. The molecule has 1 aliphatic rings. The van der Waals surface area contributed by atoms with Gasteiger partial charge in [0.05, 0.1) is 11.4 Å². The SMILES string of the molecule is Cc1c(C(=O)NCc2ccc(N3CCCCC3)nc2)nnn1-c1cccc(Br)c1. The molecule has 1 N–H and O–H groups in total. The van der Waals surface area contributed by atoms with Gasteiger partial charge in [0.15, 0.2) is 5.69 Å². The van der Waals surface area contributed by atoms with E-state index in [9.17, 15) is 4.79 Å². The zero-order valence-corrected chi connectivity index (χ0v) is 17.9. The monoisotopic (exact) mass is 454 g/mol. The lowest BCUT2D eigenvalue weighted by Crippen LogP contribution is -2.30. The molecule has 1 amide bonds. The number of amides is 1. The highest BCUT2D eigenvalue weighted by atomic mass is 79.9. The Bertz CT molecular complexity index is 995. The number of carbonyl (C=O) groups is 1. The minimum atomic E-state index is -0.246. The number of aromatic nitrogens is 4. The molecule has 2 aromatic heterocycles. The van der Waals surface area contributed by atoms with Crippen molar-refractivity contribution in [2.45, 2.75) is 32.7 Å². The molecule has 1 aromatic carbocycles. The number of carbonyl (C=O) groups excluding carboxylic acids is 1. The number of halogens is 1. The number of pyridine rings is 1. The second kappa shape index (κ2) is 8.73. The number of piperidine rings is 1. The zero-order valence-electron chi connectivity index (χ0n) is 16.3. The lowest BCUT2D eigenvalue weighted by atomic mass is 10.1. The second-order valence-electron chi connectivity index (χ2n) is 7.17. The summed E-state index contributed by atoms with van der Waals surface area (Å²) in [7, 11) is 0. The van der Waals surface area contributed by atoms with E-state index in [1.165, 1.54) is 19.3 Å². The van der Waals surface area contributed by atoms with Crippen molar-refractivity contribution in [1.29, 1.82) is 0 Å². The van der Waals surface area contributed by atoms with Crippen LogP contribution in [0.4, 0.5) is 5.82 Å². The van der Waals surface area contributed by atoms with Crippen molar-refractivity contribution in [2.75, 3.05) is 18.0 Å². The first-order valence-electron chi connectivity index (χ1n) is 9.78. The lowest BCUT2D eigenvalue weighted by molar-refractivity contribution is 0.0945. The Balaban J connectivity index is 1.40. The molecule has 8 heteroatoms. The van der Waals surface area contributed by atoms with Crippen molar-refractivity contribution in [2.24, 2.45) is 0 Å². The van der Waals surface area contributed by atoms with Gasteiger partial charge < -0.3 is 10.2 Å². The molecule has 0 bridgehead atoms. The van der Waals surface area contributed by atoms with Crippen LogP contribution in [-0.4, -0.2) is 39.0 Å². The number of hydrogen-bond donors (Lipinski definition) is 1. The van der Waals surface area contributed by atoms with Gasteiger partial charge in [-0.05, 0) is 56.0 Å². The minimum absolute atomic E-state index is 0.246. The van der Waals surface area contributed by atoms with Gasteiger partial charge in [-0.1, -0.05) is 33.3 Å². The van der Waals surface area contributed by atoms with Gasteiger partial charge in [-0.25, -0.2) is 9.67 Å². The summed E-state index contributed by atoms with van der Waals surface area (Å²) in [5, 5.41) is 11.1. The lowest BCUT2D eigenvalue weighted by Gasteiger charge is -2.27. The van der Waals surface area contributed by atoms with Crippen molar-refractivity contribution in [3.8, 4) is 5.69 Å². The Morgan fingerprint density at radius 3 is 2.72 bits per heavy atom. The molecule has 150 valence electrons. The summed E-state index contributed by atoms with van der Waals surface area (Å²) in [5.74, 6) is 0.761. The topological polar surface area (TPSA) is 75.9 Å². The molecule has 4 rings (SSSR count). The maximum Gasteiger partial charge on any atom is 0.274 e. The van der Waals surface area contributed by atoms with Gasteiger partial charge in [0.1, 0.15) is 5.82 Å². The third-order valence-corrected chi connectivity index (χ3v) is 5.60. The van der Waals surface area contributed by atoms with Crippen molar-refractivity contribution in [1.82, 2.24) is 25.3 Å². The van der Waals surface area contributed by atoms with E-state index in [4.69, 9.17) is 0 Å². The Hall–Kier alpha value is -2.74. The Morgan fingerprint density at radius 2 is 2.00 bits per heavy atom. The van der Waals surface area contributed by atoms with Gasteiger partial charge in [-0.3, -0.25) is 4.79 Å². The van der Waals surface area contributed by atoms with Crippen LogP contribution in [0, 0.1) is 6.92 Å². The summed E-state index contributed by atoms with van der Waals surface area (Å²) in [4.78, 5) is 19.5. The molecular weight excluding hydrogens is 432 g/mol. The van der Waals surface area contributed by atoms with E-state index < -0.39 is 0 Å². The van der Waals surface area contributed by atoms with Gasteiger partial charge in [0.25, 0.3) is 5.91 Å². The molecule has 3 heterocycles. The number of hydrogen-bond acceptors (Lipinski definition) is 5. The summed E-state index contributed by atoms with van der Waals surface area (Å²) < 4.78 is 2.60. The molecule has 1 fully saturated rings. The Labute approximate surface area is 178 Å². The highest BCUT2D eigenvalue weighted by Crippen LogP contribution is 2.19. The van der Waals surface area contributed by atoms with Crippen LogP contribution in [-0.2, 0) is 6.54 Å². The van der Waals surface area contributed by atoms with Gasteiger partial charge in [-0.15, -0.1) is 5.10 Å². The highest BCUT2D eigenvalue weighted by molar-refractivity contribution is 9.10. The van der Waals surface area contributed by atoms with Crippen molar-refractivity contribution in [3.05, 3.63) is 64.0 Å². The molecule has 7 nitrogen and oxygen atoms in total. The van der Waals surface area contributed by atoms with Crippen molar-refractivity contribution >= 4 is 27.7 Å². The summed E-state index contributed by atoms with van der Waals surface area (Å²) in [5.41, 5.74) is 2.82. The third-order valence-electron chi connectivity index (χ3n) is 5.10. The molecule has 29 heavy (non-hydrogen) atoms. The number of nitrogens with zero attached hydrogens (tertiary/aromatic N) is 5. The van der Waals surface area contributed by atoms with Crippen LogP contribution in [0.25, 0.3) is 5.69 Å². The molecule has 1 aliphatic heterocycles. The minimum Gasteiger partial charge on any atom is -0.357 e. The first-order chi connectivity index (χ1) is 14.1. The summed E-state index contributed by atoms with van der Waals surface area (Å²) in [6.07, 6.45) is 5.57. The number of benzene rings is 1. The smallest absolute Gasteiger partial charge is 0.274 e. The van der Waals surface area contributed by atoms with Gasteiger partial charge in [0.2, 0.25) is 0 Å². The van der Waals surface area contributed by atoms with Crippen molar-refractivity contribution in [3.63, 3.8) is 0 Å². The zero-order chi connectivity index (χ0) is 20.2. The second-order valence-corrected chi connectivity index (χ2v) is 8.09. The summed E-state index contributed by atoms with van der Waals surface area (Å²) in [6, 6.07) is 11.8. The summed E-state index contributed by atoms with van der Waals surface area (Å²) in [6.45, 7) is 4.37. The van der Waals surface area contributed by atoms with Gasteiger partial charge >= 0.3 is 0 Å². The Kier molecular flexibility index (Phi) is 5.89. The van der Waals surface area contributed by atoms with E-state index in [-0.39, 0.29) is 5.91 Å². The maximum absolute atomic E-state index is 12.6. The molecule has 0 radical (unpaired) electrons. The fourth-order valence-corrected chi connectivity index (χ4v) is 3.88. The average Bonchev–Trinajstić information content (AvgIpc) is 3.14. The first-order valence-corrected chi connectivity index (χ1v) is 10.6. The quantitative estimate of drug-likeness (QED) is 0.636. The average molecular weight is 455 g/mol. The van der Waals surface area contributed by atoms with E-state index in [0.29, 0.717) is 17.9 Å². The molecular formula is C21H23BrN6O. The predicted octanol–water partition coefficient (Wildman–Crippen LogP) is 3.65. The Morgan fingerprint density at radius 1 is 1.17 bits per heavy atom. The van der Waals surface area contributed by atoms with Crippen LogP contribution >= 0.6 is 15.9 Å². The van der Waals surface area contributed by atoms with Gasteiger partial charge in [0, 0.05) is 30.3 Å². The highest BCUT2D eigenvalue weighted by Gasteiger charge is 2.17. The van der Waals surface area contributed by atoms with Crippen LogP contribution in [0.2, 0.25) is 0 Å². The fourth-order valence-electron chi connectivity index (χ4n) is 3.49. The van der Waals surface area contributed by atoms with Crippen LogP contribution in [0.15, 0.2) is 47.1 Å². The van der Waals surface area contributed by atoms with Crippen molar-refractivity contribution < 1.29 is 4.79 Å². The number of nitrogens with one attached hydrogen (secondary N) is 1. The van der Waals surface area contributed by atoms with E-state index in [1.54, 1.807) is 4.68 Å². The van der Waals surface area contributed by atoms with Crippen LogP contribution in [0.1, 0.15) is 41.0 Å². The van der Waals surface area contributed by atoms with Crippen LogP contribution in [0.5, 0.6) is 0 Å². The standard InChI is InChI=1S/C21H23BrN6O/c1-15-20(25-26-28(15)18-7-5-6-17(22)12-18)21(29)24-14-16-8-9-19(23-13-16)27-10-3-2-4-11-27/h5-9,12-13H,2-4,10-11,14H2,1H3,(H,24,29).